The molecule has 10 heteroatoms. The number of aromatic nitrogens is 1. The van der Waals surface area contributed by atoms with Crippen molar-refractivity contribution in [2.24, 2.45) is 0 Å². The van der Waals surface area contributed by atoms with E-state index in [9.17, 15) is 31.1 Å². The zero-order valence-electron chi connectivity index (χ0n) is 15.8. The fourth-order valence-corrected chi connectivity index (χ4v) is 2.51. The van der Waals surface area contributed by atoms with Gasteiger partial charge in [0.05, 0.1) is 17.3 Å². The first-order valence-corrected chi connectivity index (χ1v) is 8.62. The fraction of sp³-hybridized carbons (Fsp3) is 0.300. The van der Waals surface area contributed by atoms with Gasteiger partial charge in [0.15, 0.2) is 0 Å². The van der Waals surface area contributed by atoms with E-state index in [0.29, 0.717) is 5.56 Å². The number of hydrogen-bond donors (Lipinski definition) is 2. The van der Waals surface area contributed by atoms with E-state index in [1.165, 1.54) is 6.20 Å². The topological polar surface area (TPSA) is 54.0 Å². The van der Waals surface area contributed by atoms with Crippen molar-refractivity contribution in [1.82, 2.24) is 15.6 Å². The van der Waals surface area contributed by atoms with Gasteiger partial charge in [-0.2, -0.15) is 26.3 Å². The number of rotatable bonds is 4. The van der Waals surface area contributed by atoms with Crippen molar-refractivity contribution >= 4 is 6.03 Å². The molecule has 2 atom stereocenters. The third-order valence-corrected chi connectivity index (χ3v) is 4.06. The smallest absolute Gasteiger partial charge is 0.327 e. The molecule has 0 fully saturated rings. The Kier molecular flexibility index (Phi) is 6.97. The van der Waals surface area contributed by atoms with E-state index < -0.39 is 36.0 Å². The van der Waals surface area contributed by atoms with Crippen molar-refractivity contribution in [3.8, 4) is 11.8 Å². The summed E-state index contributed by atoms with van der Waals surface area (Å²) in [5.41, 5.74) is -0.166. The van der Waals surface area contributed by atoms with Crippen LogP contribution in [0, 0.1) is 11.8 Å². The number of nitrogens with one attached hydrogen (secondary N) is 2. The van der Waals surface area contributed by atoms with Crippen molar-refractivity contribution in [3.05, 3.63) is 65.0 Å². The number of pyridine rings is 1. The quantitative estimate of drug-likeness (QED) is 0.541. The number of hydrogen-bond acceptors (Lipinski definition) is 2. The van der Waals surface area contributed by atoms with Crippen LogP contribution in [0.3, 0.4) is 0 Å². The Morgan fingerprint density at radius 1 is 1.03 bits per heavy atom. The van der Waals surface area contributed by atoms with Crippen LogP contribution >= 0.6 is 0 Å². The predicted octanol–water partition coefficient (Wildman–Crippen LogP) is 4.81. The maximum absolute atomic E-state index is 12.9. The second kappa shape index (κ2) is 9.07. The molecule has 160 valence electrons. The first kappa shape index (κ1) is 23.1. The normalized spacial score (nSPS) is 13.6. The molecule has 0 aliphatic rings. The minimum Gasteiger partial charge on any atom is -0.327 e. The van der Waals surface area contributed by atoms with E-state index in [2.05, 4.69) is 22.1 Å². The summed E-state index contributed by atoms with van der Waals surface area (Å²) in [6.45, 7) is 2.32. The van der Waals surface area contributed by atoms with Gasteiger partial charge in [0.25, 0.3) is 0 Å². The van der Waals surface area contributed by atoms with E-state index in [4.69, 9.17) is 0 Å². The molecule has 0 aliphatic carbocycles. The predicted molar refractivity (Wildman–Crippen MR) is 97.3 cm³/mol. The van der Waals surface area contributed by atoms with Crippen LogP contribution in [0.1, 0.15) is 42.3 Å². The zero-order valence-corrected chi connectivity index (χ0v) is 15.8. The number of benzene rings is 1. The molecular weight excluding hydrogens is 412 g/mol. The second-order valence-electron chi connectivity index (χ2n) is 6.25. The van der Waals surface area contributed by atoms with Crippen LogP contribution in [0.25, 0.3) is 0 Å². The summed E-state index contributed by atoms with van der Waals surface area (Å²) in [6.07, 6.45) is -7.85. The average Bonchev–Trinajstić information content (AvgIpc) is 2.66. The van der Waals surface area contributed by atoms with Crippen molar-refractivity contribution in [2.75, 3.05) is 0 Å². The summed E-state index contributed by atoms with van der Waals surface area (Å²) in [7, 11) is 0. The van der Waals surface area contributed by atoms with E-state index in [0.717, 1.165) is 31.2 Å². The van der Waals surface area contributed by atoms with Gasteiger partial charge in [-0.25, -0.2) is 4.79 Å². The maximum atomic E-state index is 12.9. The summed E-state index contributed by atoms with van der Waals surface area (Å²) in [5, 5.41) is 4.11. The van der Waals surface area contributed by atoms with E-state index in [1.54, 1.807) is 24.4 Å². The SMILES string of the molecule is CC#Cc1cccnc1[C@@H](NC(=O)NC(C)C(F)(F)F)c1ccc(C(F)(F)F)cc1. The summed E-state index contributed by atoms with van der Waals surface area (Å²) >= 11 is 0. The van der Waals surface area contributed by atoms with Gasteiger partial charge in [0, 0.05) is 11.8 Å². The number of amides is 2. The molecule has 2 N–H and O–H groups in total. The Morgan fingerprint density at radius 2 is 1.67 bits per heavy atom. The Hall–Kier alpha value is -3.22. The van der Waals surface area contributed by atoms with E-state index in [1.807, 2.05) is 0 Å². The van der Waals surface area contributed by atoms with Crippen LogP contribution in [0.15, 0.2) is 42.6 Å². The molecule has 0 saturated carbocycles. The van der Waals surface area contributed by atoms with Crippen molar-refractivity contribution in [3.63, 3.8) is 0 Å². The molecule has 2 rings (SSSR count). The summed E-state index contributed by atoms with van der Waals surface area (Å²) < 4.78 is 76.8. The Balaban J connectivity index is 2.43. The Bertz CT molecular complexity index is 942. The van der Waals surface area contributed by atoms with Gasteiger partial charge >= 0.3 is 18.4 Å². The number of nitrogens with zero attached hydrogens (tertiary/aromatic N) is 1. The Morgan fingerprint density at radius 3 is 2.20 bits per heavy atom. The molecule has 2 amide bonds. The third kappa shape index (κ3) is 5.89. The van der Waals surface area contributed by atoms with E-state index in [-0.39, 0.29) is 11.3 Å². The van der Waals surface area contributed by atoms with Gasteiger partial charge in [-0.05, 0) is 43.7 Å². The maximum Gasteiger partial charge on any atom is 0.416 e. The fourth-order valence-electron chi connectivity index (χ4n) is 2.51. The van der Waals surface area contributed by atoms with Crippen LogP contribution in [-0.4, -0.2) is 23.2 Å². The lowest BCUT2D eigenvalue weighted by molar-refractivity contribution is -0.148. The molecule has 0 aliphatic heterocycles. The first-order chi connectivity index (χ1) is 13.9. The van der Waals surface area contributed by atoms with Crippen LogP contribution in [0.2, 0.25) is 0 Å². The largest absolute Gasteiger partial charge is 0.416 e. The highest BCUT2D eigenvalue weighted by Gasteiger charge is 2.37. The van der Waals surface area contributed by atoms with Gasteiger partial charge in [-0.1, -0.05) is 18.1 Å². The Labute approximate surface area is 168 Å². The molecule has 1 aromatic carbocycles. The third-order valence-electron chi connectivity index (χ3n) is 4.06. The lowest BCUT2D eigenvalue weighted by Crippen LogP contribution is -2.48. The van der Waals surface area contributed by atoms with Gasteiger partial charge < -0.3 is 10.6 Å². The van der Waals surface area contributed by atoms with Crippen molar-refractivity contribution < 1.29 is 31.1 Å². The van der Waals surface area contributed by atoms with Crippen LogP contribution in [0.5, 0.6) is 0 Å². The molecule has 1 heterocycles. The lowest BCUT2D eigenvalue weighted by atomic mass is 9.98. The zero-order chi connectivity index (χ0) is 22.5. The first-order valence-electron chi connectivity index (χ1n) is 8.62. The summed E-state index contributed by atoms with van der Waals surface area (Å²) in [5.74, 6) is 5.41. The highest BCUT2D eigenvalue weighted by atomic mass is 19.4. The molecule has 1 unspecified atom stereocenters. The van der Waals surface area contributed by atoms with Crippen molar-refractivity contribution in [2.45, 2.75) is 38.3 Å². The number of halogens is 6. The standard InChI is InChI=1S/C20H17F6N3O/c1-3-5-13-6-4-11-27-16(13)17(29-18(30)28-12(2)19(21,22)23)14-7-9-15(10-8-14)20(24,25)26/h4,6-12,17H,1-2H3,(H2,28,29,30)/t12?,17-/m0/s1. The highest BCUT2D eigenvalue weighted by Crippen LogP contribution is 2.31. The lowest BCUT2D eigenvalue weighted by Gasteiger charge is -2.23. The molecule has 2 aromatic rings. The average molecular weight is 429 g/mol. The second-order valence-corrected chi connectivity index (χ2v) is 6.25. The molecule has 0 saturated heterocycles. The molecule has 4 nitrogen and oxygen atoms in total. The molecule has 0 radical (unpaired) electrons. The number of urea groups is 1. The minimum absolute atomic E-state index is 0.182. The van der Waals surface area contributed by atoms with Gasteiger partial charge in [0.1, 0.15) is 6.04 Å². The minimum atomic E-state index is -4.66. The number of carbonyl (C=O) groups excluding carboxylic acids is 1. The van der Waals surface area contributed by atoms with Gasteiger partial charge in [-0.3, -0.25) is 4.98 Å². The monoisotopic (exact) mass is 429 g/mol. The number of alkyl halides is 6. The van der Waals surface area contributed by atoms with E-state index >= 15 is 0 Å². The molecule has 0 bridgehead atoms. The molecule has 0 spiro atoms. The van der Waals surface area contributed by atoms with Gasteiger partial charge in [-0.15, -0.1) is 5.92 Å². The summed E-state index contributed by atoms with van der Waals surface area (Å²) in [4.78, 5) is 16.3. The highest BCUT2D eigenvalue weighted by molar-refractivity contribution is 5.75. The van der Waals surface area contributed by atoms with Gasteiger partial charge in [0.2, 0.25) is 0 Å². The summed E-state index contributed by atoms with van der Waals surface area (Å²) in [6, 6.07) is 2.59. The van der Waals surface area contributed by atoms with Crippen molar-refractivity contribution in [1.29, 1.82) is 0 Å². The molecule has 1 aromatic heterocycles. The molecular formula is C20H17F6N3O. The number of carbonyl (C=O) groups is 1. The van der Waals surface area contributed by atoms with Crippen LogP contribution < -0.4 is 10.6 Å². The molecule has 30 heavy (non-hydrogen) atoms. The van der Waals surface area contributed by atoms with Crippen LogP contribution in [0.4, 0.5) is 31.1 Å². The van der Waals surface area contributed by atoms with Crippen LogP contribution in [-0.2, 0) is 6.18 Å².